The Balaban J connectivity index is 0.000000173. The van der Waals surface area contributed by atoms with Gasteiger partial charge in [-0.1, -0.05) is 0 Å². The van der Waals surface area contributed by atoms with Crippen LogP contribution in [0.2, 0.25) is 0 Å². The Morgan fingerprint density at radius 1 is 0.860 bits per heavy atom. The maximum atomic E-state index is 11.8. The Morgan fingerprint density at radius 3 is 1.95 bits per heavy atom. The van der Waals surface area contributed by atoms with Crippen molar-refractivity contribution in [1.82, 2.24) is 19.1 Å². The zero-order chi connectivity index (χ0) is 30.7. The fourth-order valence-electron chi connectivity index (χ4n) is 5.15. The molecule has 0 saturated heterocycles. The molecular formula is C30H30N8O5. The lowest BCUT2D eigenvalue weighted by molar-refractivity contribution is -0.385. The van der Waals surface area contributed by atoms with Crippen LogP contribution in [0.3, 0.4) is 0 Å². The normalized spacial score (nSPS) is 15.7. The van der Waals surface area contributed by atoms with Crippen molar-refractivity contribution in [2.75, 3.05) is 23.3 Å². The first kappa shape index (κ1) is 28.9. The van der Waals surface area contributed by atoms with Gasteiger partial charge in [-0.2, -0.15) is 0 Å². The van der Waals surface area contributed by atoms with Crippen LogP contribution in [0.25, 0.3) is 23.3 Å². The van der Waals surface area contributed by atoms with E-state index in [1.807, 2.05) is 47.8 Å². The minimum absolute atomic E-state index is 0.0149. The second-order valence-electron chi connectivity index (χ2n) is 10.3. The lowest BCUT2D eigenvalue weighted by atomic mass is 9.94. The van der Waals surface area contributed by atoms with Gasteiger partial charge in [0.25, 0.3) is 11.4 Å². The molecule has 2 aliphatic heterocycles. The summed E-state index contributed by atoms with van der Waals surface area (Å²) in [6.07, 6.45) is 12.6. The number of hydrogen-bond acceptors (Lipinski definition) is 8. The van der Waals surface area contributed by atoms with Crippen LogP contribution in [-0.2, 0) is 18.9 Å². The van der Waals surface area contributed by atoms with E-state index in [4.69, 9.17) is 0 Å². The van der Waals surface area contributed by atoms with E-state index in [1.54, 1.807) is 35.8 Å². The summed E-state index contributed by atoms with van der Waals surface area (Å²) in [5.74, 6) is -0.0722. The lowest BCUT2D eigenvalue weighted by Crippen LogP contribution is -2.33. The van der Waals surface area contributed by atoms with Gasteiger partial charge >= 0.3 is 0 Å². The minimum atomic E-state index is -0.425. The van der Waals surface area contributed by atoms with E-state index in [2.05, 4.69) is 15.3 Å². The number of nitrogens with zero attached hydrogens (tertiary/aromatic N) is 7. The van der Waals surface area contributed by atoms with Crippen molar-refractivity contribution in [1.29, 1.82) is 0 Å². The van der Waals surface area contributed by atoms with Gasteiger partial charge in [-0.25, -0.2) is 9.97 Å². The van der Waals surface area contributed by atoms with Crippen molar-refractivity contribution in [2.24, 2.45) is 14.1 Å². The van der Waals surface area contributed by atoms with Crippen molar-refractivity contribution in [3.8, 4) is 0 Å². The number of amides is 1. The van der Waals surface area contributed by atoms with Crippen molar-refractivity contribution < 1.29 is 14.6 Å². The number of non-ortho nitro benzene ring substituents is 2. The molecule has 4 aromatic rings. The van der Waals surface area contributed by atoms with Gasteiger partial charge in [-0.15, -0.1) is 0 Å². The average Bonchev–Trinajstić information content (AvgIpc) is 3.59. The predicted octanol–water partition coefficient (Wildman–Crippen LogP) is 5.31. The second-order valence-corrected chi connectivity index (χ2v) is 10.3. The van der Waals surface area contributed by atoms with Crippen LogP contribution in [0, 0.1) is 20.2 Å². The standard InChI is InChI=1S/C16H16N4O3.C14H14N4O2/c1-11(21)19-6-5-12(7-13-9-18(2)10-17-13)15-8-14(20(22)23)3-4-16(15)19;1-17-8-11(16-9-17)6-10-4-5-15-14-3-2-12(18(19)20)7-13(10)14/h3-4,7-10H,5-6H2,1-2H3;2-3,6-9,15H,4-5H2,1H3/b12-7+;10-6+. The first-order chi connectivity index (χ1) is 20.6. The van der Waals surface area contributed by atoms with Gasteiger partial charge in [-0.3, -0.25) is 25.0 Å². The third kappa shape index (κ3) is 6.50. The summed E-state index contributed by atoms with van der Waals surface area (Å²) in [6.45, 7) is 2.88. The number of hydrogen-bond donors (Lipinski definition) is 1. The summed E-state index contributed by atoms with van der Waals surface area (Å²) >= 11 is 0. The number of anilines is 2. The molecule has 2 aromatic carbocycles. The van der Waals surface area contributed by atoms with E-state index in [0.29, 0.717) is 24.2 Å². The quantitative estimate of drug-likeness (QED) is 0.251. The van der Waals surface area contributed by atoms with E-state index >= 15 is 0 Å². The van der Waals surface area contributed by atoms with Crippen molar-refractivity contribution in [2.45, 2.75) is 19.8 Å². The fraction of sp³-hybridized carbons (Fsp3) is 0.233. The maximum absolute atomic E-state index is 11.8. The van der Waals surface area contributed by atoms with Crippen LogP contribution in [0.15, 0.2) is 61.4 Å². The van der Waals surface area contributed by atoms with Crippen LogP contribution in [0.1, 0.15) is 42.3 Å². The molecule has 1 amide bonds. The number of aryl methyl sites for hydroxylation is 2. The van der Waals surface area contributed by atoms with Gasteiger partial charge in [0.15, 0.2) is 0 Å². The first-order valence-electron chi connectivity index (χ1n) is 13.6. The van der Waals surface area contributed by atoms with E-state index < -0.39 is 4.92 Å². The minimum Gasteiger partial charge on any atom is -0.384 e. The number of aromatic nitrogens is 4. The van der Waals surface area contributed by atoms with Crippen molar-refractivity contribution >= 4 is 52.0 Å². The van der Waals surface area contributed by atoms with Crippen molar-refractivity contribution in [3.05, 3.63) is 104 Å². The number of fused-ring (bicyclic) bond motifs is 2. The summed E-state index contributed by atoms with van der Waals surface area (Å²) in [5.41, 5.74) is 7.03. The molecule has 0 fully saturated rings. The number of carbonyl (C=O) groups excluding carboxylic acids is 1. The molecule has 0 bridgehead atoms. The number of nitro groups is 2. The number of carbonyl (C=O) groups is 1. The van der Waals surface area contributed by atoms with Gasteiger partial charge < -0.3 is 19.4 Å². The maximum Gasteiger partial charge on any atom is 0.270 e. The van der Waals surface area contributed by atoms with Gasteiger partial charge in [0.2, 0.25) is 5.91 Å². The first-order valence-corrected chi connectivity index (χ1v) is 13.6. The second kappa shape index (κ2) is 12.1. The molecule has 4 heterocycles. The SMILES string of the molecule is CC(=O)N1CC/C(=C\c2cn(C)cn2)c2cc([N+](=O)[O-])ccc21.Cn1cnc(/C=C2\CCNc3ccc([N+](=O)[O-])cc32)c1. The van der Waals surface area contributed by atoms with Gasteiger partial charge in [0, 0.05) is 87.6 Å². The molecule has 6 rings (SSSR count). The van der Waals surface area contributed by atoms with Crippen LogP contribution in [0.4, 0.5) is 22.7 Å². The highest BCUT2D eigenvalue weighted by Crippen LogP contribution is 2.38. The third-order valence-corrected chi connectivity index (χ3v) is 7.18. The largest absolute Gasteiger partial charge is 0.384 e. The van der Waals surface area contributed by atoms with Crippen LogP contribution in [0.5, 0.6) is 0 Å². The van der Waals surface area contributed by atoms with Gasteiger partial charge in [0.1, 0.15) is 0 Å². The van der Waals surface area contributed by atoms with Crippen LogP contribution in [-0.4, -0.2) is 47.9 Å². The van der Waals surface area contributed by atoms with Crippen LogP contribution >= 0.6 is 0 Å². The number of nitro benzene ring substituents is 2. The molecule has 220 valence electrons. The Morgan fingerprint density at radius 2 is 1.42 bits per heavy atom. The van der Waals surface area contributed by atoms with E-state index in [9.17, 15) is 25.0 Å². The molecule has 13 nitrogen and oxygen atoms in total. The highest BCUT2D eigenvalue weighted by Gasteiger charge is 2.25. The highest BCUT2D eigenvalue weighted by atomic mass is 16.6. The van der Waals surface area contributed by atoms with Crippen LogP contribution < -0.4 is 10.2 Å². The number of nitrogens with one attached hydrogen (secondary N) is 1. The fourth-order valence-corrected chi connectivity index (χ4v) is 5.15. The smallest absolute Gasteiger partial charge is 0.270 e. The summed E-state index contributed by atoms with van der Waals surface area (Å²) < 4.78 is 3.72. The summed E-state index contributed by atoms with van der Waals surface area (Å²) in [6, 6.07) is 9.50. The molecule has 43 heavy (non-hydrogen) atoms. The van der Waals surface area contributed by atoms with Gasteiger partial charge in [0.05, 0.1) is 39.6 Å². The number of benzene rings is 2. The molecule has 0 unspecified atom stereocenters. The Hall–Kier alpha value is -5.59. The predicted molar refractivity (Wildman–Crippen MR) is 164 cm³/mol. The molecule has 0 saturated carbocycles. The summed E-state index contributed by atoms with van der Waals surface area (Å²) in [4.78, 5) is 43.2. The monoisotopic (exact) mass is 582 g/mol. The molecule has 13 heteroatoms. The van der Waals surface area contributed by atoms with E-state index in [0.717, 1.165) is 46.8 Å². The van der Waals surface area contributed by atoms with Crippen molar-refractivity contribution in [3.63, 3.8) is 0 Å². The third-order valence-electron chi connectivity index (χ3n) is 7.18. The molecule has 0 spiro atoms. The molecule has 0 atom stereocenters. The number of rotatable bonds is 4. The Bertz CT molecular complexity index is 1780. The summed E-state index contributed by atoms with van der Waals surface area (Å²) in [5, 5.41) is 25.2. The van der Waals surface area contributed by atoms with E-state index in [1.165, 1.54) is 25.1 Å². The molecule has 2 aliphatic rings. The van der Waals surface area contributed by atoms with E-state index in [-0.39, 0.29) is 22.2 Å². The Kier molecular flexibility index (Phi) is 8.14. The Labute approximate surface area is 247 Å². The molecule has 0 radical (unpaired) electrons. The molecule has 2 aromatic heterocycles. The zero-order valence-electron chi connectivity index (χ0n) is 23.9. The lowest BCUT2D eigenvalue weighted by Gasteiger charge is -2.30. The molecule has 0 aliphatic carbocycles. The average molecular weight is 583 g/mol. The number of imidazole rings is 2. The molecular weight excluding hydrogens is 552 g/mol. The topological polar surface area (TPSA) is 154 Å². The zero-order valence-corrected chi connectivity index (χ0v) is 23.9. The summed E-state index contributed by atoms with van der Waals surface area (Å²) in [7, 11) is 3.79. The molecule has 1 N–H and O–H groups in total. The highest BCUT2D eigenvalue weighted by molar-refractivity contribution is 5.99. The van der Waals surface area contributed by atoms with Gasteiger partial charge in [-0.05, 0) is 48.3 Å².